The van der Waals surface area contributed by atoms with Gasteiger partial charge in [0.2, 0.25) is 0 Å². The van der Waals surface area contributed by atoms with E-state index in [1.54, 1.807) is 6.07 Å². The van der Waals surface area contributed by atoms with Crippen molar-refractivity contribution in [2.24, 2.45) is 0 Å². The zero-order valence-electron chi connectivity index (χ0n) is 7.69. The minimum atomic E-state index is 0.134. The molecular weight excluding hydrogens is 180 g/mol. The first kappa shape index (κ1) is 8.55. The minimum Gasteiger partial charge on any atom is -0.399 e. The fourth-order valence-corrected chi connectivity index (χ4v) is 1.16. The maximum Gasteiger partial charge on any atom is 0.261 e. The molecule has 0 atom stereocenters. The van der Waals surface area contributed by atoms with Gasteiger partial charge in [-0.3, -0.25) is 0 Å². The molecule has 0 unspecified atom stereocenters. The fourth-order valence-electron chi connectivity index (χ4n) is 1.16. The van der Waals surface area contributed by atoms with Gasteiger partial charge < -0.3 is 16.0 Å². The van der Waals surface area contributed by atoms with E-state index in [-0.39, 0.29) is 5.95 Å². The molecule has 5 nitrogen and oxygen atoms in total. The van der Waals surface area contributed by atoms with Gasteiger partial charge in [-0.25, -0.2) is 0 Å². The Hall–Kier alpha value is -2.04. The smallest absolute Gasteiger partial charge is 0.261 e. The number of rotatable bonds is 1. The van der Waals surface area contributed by atoms with Crippen LogP contribution in [0, 0.1) is 6.92 Å². The molecule has 0 amide bonds. The zero-order chi connectivity index (χ0) is 10.1. The van der Waals surface area contributed by atoms with E-state index in [4.69, 9.17) is 16.0 Å². The molecule has 0 fully saturated rings. The molecule has 1 heterocycles. The van der Waals surface area contributed by atoms with Gasteiger partial charge in [0, 0.05) is 11.3 Å². The van der Waals surface area contributed by atoms with Crippen LogP contribution in [0.25, 0.3) is 11.5 Å². The highest BCUT2D eigenvalue weighted by atomic mass is 16.5. The quantitative estimate of drug-likeness (QED) is 0.659. The van der Waals surface area contributed by atoms with Crippen molar-refractivity contribution < 1.29 is 4.52 Å². The topological polar surface area (TPSA) is 91.0 Å². The van der Waals surface area contributed by atoms with Crippen molar-refractivity contribution >= 4 is 11.6 Å². The SMILES string of the molecule is Cc1cc(-c2nc(N)no2)ccc1N. The van der Waals surface area contributed by atoms with Crippen LogP contribution in [0.15, 0.2) is 22.7 Å². The molecule has 0 spiro atoms. The lowest BCUT2D eigenvalue weighted by molar-refractivity contribution is 0.433. The molecule has 72 valence electrons. The lowest BCUT2D eigenvalue weighted by Crippen LogP contribution is -1.90. The number of nitrogens with two attached hydrogens (primary N) is 2. The Morgan fingerprint density at radius 2 is 2.07 bits per heavy atom. The van der Waals surface area contributed by atoms with Gasteiger partial charge in [0.25, 0.3) is 11.8 Å². The molecule has 0 bridgehead atoms. The van der Waals surface area contributed by atoms with Crippen molar-refractivity contribution in [3.05, 3.63) is 23.8 Å². The summed E-state index contributed by atoms with van der Waals surface area (Å²) >= 11 is 0. The Morgan fingerprint density at radius 1 is 1.29 bits per heavy atom. The highest BCUT2D eigenvalue weighted by Crippen LogP contribution is 2.21. The molecule has 5 heteroatoms. The van der Waals surface area contributed by atoms with Crippen LogP contribution in [0.4, 0.5) is 11.6 Å². The molecule has 0 saturated heterocycles. The number of nitrogen functional groups attached to an aromatic ring is 2. The second kappa shape index (κ2) is 3.02. The third-order valence-electron chi connectivity index (χ3n) is 1.96. The normalized spacial score (nSPS) is 10.4. The molecule has 0 aliphatic heterocycles. The Balaban J connectivity index is 2.47. The van der Waals surface area contributed by atoms with Crippen molar-refractivity contribution in [1.29, 1.82) is 0 Å². The molecule has 0 aliphatic carbocycles. The highest BCUT2D eigenvalue weighted by molar-refractivity contribution is 5.61. The molecule has 0 saturated carbocycles. The average Bonchev–Trinajstić information content (AvgIpc) is 2.57. The summed E-state index contributed by atoms with van der Waals surface area (Å²) in [6.45, 7) is 1.92. The summed E-state index contributed by atoms with van der Waals surface area (Å²) in [5.74, 6) is 0.542. The summed E-state index contributed by atoms with van der Waals surface area (Å²) in [4.78, 5) is 3.91. The summed E-state index contributed by atoms with van der Waals surface area (Å²) in [6, 6.07) is 5.49. The number of aromatic nitrogens is 2. The Morgan fingerprint density at radius 3 is 2.64 bits per heavy atom. The number of hydrogen-bond donors (Lipinski definition) is 2. The van der Waals surface area contributed by atoms with E-state index in [9.17, 15) is 0 Å². The van der Waals surface area contributed by atoms with Gasteiger partial charge in [0.15, 0.2) is 0 Å². The van der Waals surface area contributed by atoms with Crippen LogP contribution in [-0.4, -0.2) is 10.1 Å². The highest BCUT2D eigenvalue weighted by Gasteiger charge is 2.06. The summed E-state index contributed by atoms with van der Waals surface area (Å²) in [6.07, 6.45) is 0. The van der Waals surface area contributed by atoms with Gasteiger partial charge in [-0.05, 0) is 35.8 Å². The number of hydrogen-bond acceptors (Lipinski definition) is 5. The van der Waals surface area contributed by atoms with Crippen molar-refractivity contribution in [3.8, 4) is 11.5 Å². The van der Waals surface area contributed by atoms with Crippen LogP contribution in [0.1, 0.15) is 5.56 Å². The molecule has 0 aliphatic rings. The first-order chi connectivity index (χ1) is 6.66. The van der Waals surface area contributed by atoms with E-state index in [0.29, 0.717) is 5.89 Å². The second-order valence-electron chi connectivity index (χ2n) is 3.03. The Bertz CT molecular complexity index is 464. The Labute approximate surface area is 80.7 Å². The average molecular weight is 190 g/mol. The number of aryl methyl sites for hydroxylation is 1. The zero-order valence-corrected chi connectivity index (χ0v) is 7.69. The van der Waals surface area contributed by atoms with Crippen LogP contribution in [0.2, 0.25) is 0 Å². The minimum absolute atomic E-state index is 0.134. The monoisotopic (exact) mass is 190 g/mol. The lowest BCUT2D eigenvalue weighted by Gasteiger charge is -2.00. The van der Waals surface area contributed by atoms with Crippen molar-refractivity contribution in [2.45, 2.75) is 6.92 Å². The molecule has 4 N–H and O–H groups in total. The van der Waals surface area contributed by atoms with E-state index in [0.717, 1.165) is 16.8 Å². The first-order valence-corrected chi connectivity index (χ1v) is 4.12. The standard InChI is InChI=1S/C9H10N4O/c1-5-4-6(2-3-7(5)10)8-12-9(11)13-14-8/h2-4H,10H2,1H3,(H2,11,13). The van der Waals surface area contributed by atoms with Crippen LogP contribution in [0.3, 0.4) is 0 Å². The second-order valence-corrected chi connectivity index (χ2v) is 3.03. The summed E-state index contributed by atoms with van der Waals surface area (Å²) < 4.78 is 4.92. The van der Waals surface area contributed by atoms with Crippen LogP contribution < -0.4 is 11.5 Å². The molecule has 1 aromatic heterocycles. The summed E-state index contributed by atoms with van der Waals surface area (Å²) in [5, 5.41) is 3.51. The maximum absolute atomic E-state index is 5.68. The fraction of sp³-hybridized carbons (Fsp3) is 0.111. The predicted octanol–water partition coefficient (Wildman–Crippen LogP) is 1.21. The molecule has 1 aromatic carbocycles. The number of anilines is 2. The van der Waals surface area contributed by atoms with Gasteiger partial charge in [0.05, 0.1) is 0 Å². The Kier molecular flexibility index (Phi) is 1.85. The van der Waals surface area contributed by atoms with Crippen LogP contribution in [-0.2, 0) is 0 Å². The molecular formula is C9H10N4O. The van der Waals surface area contributed by atoms with E-state index in [1.807, 2.05) is 19.1 Å². The van der Waals surface area contributed by atoms with Crippen LogP contribution >= 0.6 is 0 Å². The summed E-state index contributed by atoms with van der Waals surface area (Å²) in [5.41, 5.74) is 13.6. The molecule has 14 heavy (non-hydrogen) atoms. The van der Waals surface area contributed by atoms with Gasteiger partial charge >= 0.3 is 0 Å². The van der Waals surface area contributed by atoms with Gasteiger partial charge in [-0.2, -0.15) is 4.98 Å². The van der Waals surface area contributed by atoms with E-state index in [1.165, 1.54) is 0 Å². The third kappa shape index (κ3) is 1.39. The van der Waals surface area contributed by atoms with Gasteiger partial charge in [0.1, 0.15) is 0 Å². The van der Waals surface area contributed by atoms with E-state index >= 15 is 0 Å². The molecule has 2 rings (SSSR count). The van der Waals surface area contributed by atoms with E-state index in [2.05, 4.69) is 10.1 Å². The number of benzene rings is 1. The number of nitrogens with zero attached hydrogens (tertiary/aromatic N) is 2. The lowest BCUT2D eigenvalue weighted by atomic mass is 10.1. The van der Waals surface area contributed by atoms with Crippen LogP contribution in [0.5, 0.6) is 0 Å². The first-order valence-electron chi connectivity index (χ1n) is 4.12. The van der Waals surface area contributed by atoms with Gasteiger partial charge in [-0.1, -0.05) is 0 Å². The van der Waals surface area contributed by atoms with Gasteiger partial charge in [-0.15, -0.1) is 0 Å². The predicted molar refractivity (Wildman–Crippen MR) is 53.3 cm³/mol. The van der Waals surface area contributed by atoms with Crippen molar-refractivity contribution in [2.75, 3.05) is 11.5 Å². The van der Waals surface area contributed by atoms with Crippen molar-refractivity contribution in [3.63, 3.8) is 0 Å². The largest absolute Gasteiger partial charge is 0.399 e. The van der Waals surface area contributed by atoms with E-state index < -0.39 is 0 Å². The summed E-state index contributed by atoms with van der Waals surface area (Å²) in [7, 11) is 0. The van der Waals surface area contributed by atoms with Crippen molar-refractivity contribution in [1.82, 2.24) is 10.1 Å². The molecule has 0 radical (unpaired) electrons. The third-order valence-corrected chi connectivity index (χ3v) is 1.96. The molecule has 2 aromatic rings. The maximum atomic E-state index is 5.68.